The maximum absolute atomic E-state index is 10.6. The molecular weight excluding hydrogens is 130 g/mol. The minimum atomic E-state index is -0.777. The first kappa shape index (κ1) is 6.16. The summed E-state index contributed by atoms with van der Waals surface area (Å²) in [5.74, 6) is -0.606. The van der Waals surface area contributed by atoms with Crippen LogP contribution in [0.25, 0.3) is 0 Å². The summed E-state index contributed by atoms with van der Waals surface area (Å²) in [4.78, 5) is 10.6. The van der Waals surface area contributed by atoms with Crippen molar-refractivity contribution in [3.8, 4) is 0 Å². The molecule has 0 saturated carbocycles. The van der Waals surface area contributed by atoms with E-state index in [0.29, 0.717) is 13.3 Å². The van der Waals surface area contributed by atoms with Gasteiger partial charge >= 0.3 is 5.97 Å². The standard InChI is InChI=1S/C7H13NO2/c1-2-5-3-4-8-6(5)7(9)10/h5-6,8H,2-4H2,1H3,(H,9,10)/t5-,6-/m0/s1/i1D. The molecule has 0 aromatic carbocycles. The topological polar surface area (TPSA) is 49.3 Å². The van der Waals surface area contributed by atoms with E-state index in [-0.39, 0.29) is 5.92 Å². The van der Waals surface area contributed by atoms with Crippen molar-refractivity contribution >= 4 is 5.97 Å². The molecule has 0 aliphatic carbocycles. The van der Waals surface area contributed by atoms with Gasteiger partial charge in [0.2, 0.25) is 0 Å². The molecule has 0 bridgehead atoms. The summed E-state index contributed by atoms with van der Waals surface area (Å²) in [7, 11) is 0. The smallest absolute Gasteiger partial charge is 0.320 e. The number of hydrogen-bond acceptors (Lipinski definition) is 2. The lowest BCUT2D eigenvalue weighted by atomic mass is 9.98. The molecule has 0 unspecified atom stereocenters. The highest BCUT2D eigenvalue weighted by atomic mass is 16.4. The molecule has 1 aliphatic heterocycles. The molecule has 1 heterocycles. The summed E-state index contributed by atoms with van der Waals surface area (Å²) >= 11 is 0. The van der Waals surface area contributed by atoms with Crippen molar-refractivity contribution in [1.29, 1.82) is 0 Å². The lowest BCUT2D eigenvalue weighted by molar-refractivity contribution is -0.140. The van der Waals surface area contributed by atoms with Gasteiger partial charge in [-0.25, -0.2) is 0 Å². The number of carbonyl (C=O) groups is 1. The molecule has 1 fully saturated rings. The molecule has 0 amide bonds. The molecular formula is C7H13NO2. The Morgan fingerprint density at radius 1 is 2.00 bits per heavy atom. The van der Waals surface area contributed by atoms with Gasteiger partial charge in [0.25, 0.3) is 0 Å². The van der Waals surface area contributed by atoms with E-state index in [4.69, 9.17) is 6.48 Å². The van der Waals surface area contributed by atoms with Crippen molar-refractivity contribution in [2.24, 2.45) is 5.92 Å². The van der Waals surface area contributed by atoms with Crippen LogP contribution in [0, 0.1) is 5.92 Å². The molecule has 1 rings (SSSR count). The van der Waals surface area contributed by atoms with Crippen LogP contribution in [0.1, 0.15) is 21.1 Å². The van der Waals surface area contributed by atoms with Gasteiger partial charge in [0.05, 0.1) is 0 Å². The number of rotatable bonds is 2. The summed E-state index contributed by atoms with van der Waals surface area (Å²) in [5.41, 5.74) is 0. The fraction of sp³-hybridized carbons (Fsp3) is 0.857. The van der Waals surface area contributed by atoms with Crippen LogP contribution in [0.3, 0.4) is 0 Å². The van der Waals surface area contributed by atoms with Crippen molar-refractivity contribution in [3.63, 3.8) is 0 Å². The van der Waals surface area contributed by atoms with Crippen LogP contribution >= 0.6 is 0 Å². The summed E-state index contributed by atoms with van der Waals surface area (Å²) in [6, 6.07) is -0.402. The highest BCUT2D eigenvalue weighted by molar-refractivity contribution is 5.74. The van der Waals surface area contributed by atoms with Gasteiger partial charge in [-0.2, -0.15) is 0 Å². The zero-order valence-electron chi connectivity index (χ0n) is 6.84. The second kappa shape index (κ2) is 3.01. The molecule has 0 radical (unpaired) electrons. The zero-order valence-corrected chi connectivity index (χ0v) is 5.84. The van der Waals surface area contributed by atoms with Gasteiger partial charge in [0.1, 0.15) is 6.04 Å². The zero-order chi connectivity index (χ0) is 8.27. The van der Waals surface area contributed by atoms with Crippen LogP contribution in [0.15, 0.2) is 0 Å². The van der Waals surface area contributed by atoms with Crippen LogP contribution in [-0.2, 0) is 4.79 Å². The first-order valence-electron chi connectivity index (χ1n) is 4.22. The average molecular weight is 144 g/mol. The molecule has 2 N–H and O–H groups in total. The van der Waals surface area contributed by atoms with E-state index >= 15 is 0 Å². The van der Waals surface area contributed by atoms with Gasteiger partial charge in [-0.3, -0.25) is 4.79 Å². The maximum Gasteiger partial charge on any atom is 0.320 e. The number of nitrogens with one attached hydrogen (secondary N) is 1. The van der Waals surface area contributed by atoms with E-state index in [9.17, 15) is 4.79 Å². The predicted molar refractivity (Wildman–Crippen MR) is 37.8 cm³/mol. The summed E-state index contributed by atoms with van der Waals surface area (Å²) in [6.07, 6.45) is 1.60. The van der Waals surface area contributed by atoms with E-state index < -0.39 is 12.0 Å². The predicted octanol–water partition coefficient (Wildman–Crippen LogP) is 0.459. The Kier molecular flexibility index (Phi) is 1.86. The summed E-state index contributed by atoms with van der Waals surface area (Å²) < 4.78 is 6.98. The van der Waals surface area contributed by atoms with Gasteiger partial charge in [0, 0.05) is 1.37 Å². The minimum Gasteiger partial charge on any atom is -0.480 e. The van der Waals surface area contributed by atoms with Crippen LogP contribution in [0.4, 0.5) is 0 Å². The minimum absolute atomic E-state index is 0.171. The number of carboxylic acids is 1. The Morgan fingerprint density at radius 3 is 3.40 bits per heavy atom. The SMILES string of the molecule is [2H]CC[C@H]1CCN[C@@H]1C(=O)O. The second-order valence-electron chi connectivity index (χ2n) is 2.61. The maximum atomic E-state index is 10.6. The highest BCUT2D eigenvalue weighted by Gasteiger charge is 2.30. The van der Waals surface area contributed by atoms with Crippen LogP contribution in [-0.4, -0.2) is 23.7 Å². The molecule has 0 aromatic rings. The third-order valence-corrected chi connectivity index (χ3v) is 1.99. The third-order valence-electron chi connectivity index (χ3n) is 1.99. The Labute approximate surface area is 61.8 Å². The van der Waals surface area contributed by atoms with Gasteiger partial charge in [-0.15, -0.1) is 0 Å². The first-order valence-corrected chi connectivity index (χ1v) is 3.51. The van der Waals surface area contributed by atoms with E-state index in [1.165, 1.54) is 0 Å². The molecule has 1 saturated heterocycles. The van der Waals surface area contributed by atoms with Crippen molar-refractivity contribution in [2.75, 3.05) is 6.54 Å². The highest BCUT2D eigenvalue weighted by Crippen LogP contribution is 2.18. The largest absolute Gasteiger partial charge is 0.480 e. The number of hydrogen-bond donors (Lipinski definition) is 2. The number of aliphatic carboxylic acids is 1. The summed E-state index contributed by atoms with van der Waals surface area (Å²) in [5, 5.41) is 11.6. The molecule has 2 atom stereocenters. The number of carboxylic acid groups (broad SMARTS) is 1. The van der Waals surface area contributed by atoms with Crippen LogP contribution in [0.5, 0.6) is 0 Å². The molecule has 1 aliphatic rings. The first-order chi connectivity index (χ1) is 5.25. The Morgan fingerprint density at radius 2 is 2.80 bits per heavy atom. The average Bonchev–Trinajstić information content (AvgIpc) is 2.36. The molecule has 10 heavy (non-hydrogen) atoms. The Bertz CT molecular complexity index is 151. The monoisotopic (exact) mass is 144 g/mol. The van der Waals surface area contributed by atoms with E-state index in [1.807, 2.05) is 0 Å². The summed E-state index contributed by atoms with van der Waals surface area (Å²) in [6.45, 7) is 1.11. The van der Waals surface area contributed by atoms with Crippen molar-refractivity contribution in [3.05, 3.63) is 0 Å². The van der Waals surface area contributed by atoms with Crippen molar-refractivity contribution < 1.29 is 11.3 Å². The molecule has 3 heteroatoms. The van der Waals surface area contributed by atoms with Gasteiger partial charge < -0.3 is 10.4 Å². The Balaban J connectivity index is 2.44. The molecule has 3 nitrogen and oxygen atoms in total. The van der Waals surface area contributed by atoms with Crippen molar-refractivity contribution in [1.82, 2.24) is 5.32 Å². The van der Waals surface area contributed by atoms with E-state index in [0.717, 1.165) is 13.0 Å². The molecule has 0 spiro atoms. The fourth-order valence-corrected chi connectivity index (χ4v) is 1.36. The molecule has 58 valence electrons. The van der Waals surface area contributed by atoms with Crippen molar-refractivity contribution in [2.45, 2.75) is 25.8 Å². The van der Waals surface area contributed by atoms with Gasteiger partial charge in [-0.1, -0.05) is 13.3 Å². The van der Waals surface area contributed by atoms with Gasteiger partial charge in [0.15, 0.2) is 0 Å². The quantitative estimate of drug-likeness (QED) is 0.592. The second-order valence-corrected chi connectivity index (χ2v) is 2.61. The third kappa shape index (κ3) is 1.29. The lowest BCUT2D eigenvalue weighted by Gasteiger charge is -2.11. The van der Waals surface area contributed by atoms with E-state index in [2.05, 4.69) is 5.32 Å². The molecule has 0 aromatic heterocycles. The van der Waals surface area contributed by atoms with Gasteiger partial charge in [-0.05, 0) is 18.9 Å². The lowest BCUT2D eigenvalue weighted by Crippen LogP contribution is -2.35. The Hall–Kier alpha value is -0.570. The van der Waals surface area contributed by atoms with E-state index in [1.54, 1.807) is 0 Å². The normalized spacial score (nSPS) is 33.8. The fourth-order valence-electron chi connectivity index (χ4n) is 1.36. The van der Waals surface area contributed by atoms with Crippen LogP contribution < -0.4 is 5.32 Å². The van der Waals surface area contributed by atoms with Crippen LogP contribution in [0.2, 0.25) is 0 Å².